The van der Waals surface area contributed by atoms with Crippen molar-refractivity contribution in [1.29, 1.82) is 0 Å². The molecule has 4 atom stereocenters. The summed E-state index contributed by atoms with van der Waals surface area (Å²) in [5.74, 6) is -3.29. The number of hydrogen-bond acceptors (Lipinski definition) is 6. The van der Waals surface area contributed by atoms with Crippen molar-refractivity contribution >= 4 is 20.4 Å². The van der Waals surface area contributed by atoms with Gasteiger partial charge in [0.15, 0.2) is 8.32 Å². The maximum Gasteiger partial charge on any atom is 0.508 e. The van der Waals surface area contributed by atoms with Crippen LogP contribution in [0.2, 0.25) is 19.6 Å². The third kappa shape index (κ3) is 4.96. The zero-order chi connectivity index (χ0) is 26.4. The van der Waals surface area contributed by atoms with Gasteiger partial charge in [0.1, 0.15) is 18.3 Å². The lowest BCUT2D eigenvalue weighted by atomic mass is 9.48. The van der Waals surface area contributed by atoms with E-state index in [0.717, 1.165) is 44.9 Å². The van der Waals surface area contributed by atoms with Crippen molar-refractivity contribution in [3.8, 4) is 0 Å². The van der Waals surface area contributed by atoms with Crippen molar-refractivity contribution in [2.75, 3.05) is 6.61 Å². The van der Waals surface area contributed by atoms with Gasteiger partial charge in [-0.05, 0) is 108 Å². The predicted octanol–water partition coefficient (Wildman–Crippen LogP) is 6.48. The van der Waals surface area contributed by atoms with E-state index in [1.54, 1.807) is 0 Å². The smallest absolute Gasteiger partial charge is 0.455 e. The number of esters is 1. The Bertz CT molecular complexity index is 927. The van der Waals surface area contributed by atoms with E-state index in [2.05, 4.69) is 19.6 Å². The van der Waals surface area contributed by atoms with Gasteiger partial charge in [0.25, 0.3) is 0 Å². The van der Waals surface area contributed by atoms with Crippen LogP contribution in [0.15, 0.2) is 0 Å². The summed E-state index contributed by atoms with van der Waals surface area (Å²) in [5.41, 5.74) is -0.915. The molecule has 0 aliphatic heterocycles. The van der Waals surface area contributed by atoms with Gasteiger partial charge in [-0.15, -0.1) is 0 Å². The second-order valence-electron chi connectivity index (χ2n) is 14.9. The van der Waals surface area contributed by atoms with Gasteiger partial charge in [-0.2, -0.15) is 8.78 Å². The van der Waals surface area contributed by atoms with E-state index in [1.165, 1.54) is 6.42 Å². The number of rotatable bonds is 7. The minimum absolute atomic E-state index is 0.0174. The lowest BCUT2D eigenvalue weighted by Gasteiger charge is -2.62. The van der Waals surface area contributed by atoms with Gasteiger partial charge in [0.2, 0.25) is 0 Å². The second-order valence-corrected chi connectivity index (χ2v) is 19.3. The third-order valence-electron chi connectivity index (χ3n) is 10.2. The first-order chi connectivity index (χ1) is 17.1. The minimum Gasteiger partial charge on any atom is -0.455 e. The Hall–Kier alpha value is -1.22. The largest absolute Gasteiger partial charge is 0.508 e. The van der Waals surface area contributed by atoms with Gasteiger partial charge >= 0.3 is 18.0 Å². The second kappa shape index (κ2) is 8.39. The van der Waals surface area contributed by atoms with Crippen LogP contribution in [0.3, 0.4) is 0 Å². The first kappa shape index (κ1) is 26.0. The highest BCUT2D eigenvalue weighted by Crippen LogP contribution is 2.63. The number of carbonyl (C=O) groups is 2. The van der Waals surface area contributed by atoms with Crippen LogP contribution in [-0.2, 0) is 23.4 Å². The molecule has 0 radical (unpaired) electrons. The fourth-order valence-electron chi connectivity index (χ4n) is 10.2. The molecule has 0 amide bonds. The van der Waals surface area contributed by atoms with E-state index in [9.17, 15) is 18.4 Å². The molecule has 8 aliphatic rings. The van der Waals surface area contributed by atoms with Crippen molar-refractivity contribution in [2.45, 2.75) is 120 Å². The highest BCUT2D eigenvalue weighted by molar-refractivity contribution is 6.69. The Morgan fingerprint density at radius 1 is 0.865 bits per heavy atom. The maximum absolute atomic E-state index is 13.5. The number of alkyl halides is 2. The minimum atomic E-state index is -3.50. The molecule has 8 saturated carbocycles. The molecule has 0 aromatic rings. The molecule has 0 N–H and O–H groups in total. The number of halogens is 2. The van der Waals surface area contributed by atoms with Crippen molar-refractivity contribution < 1.29 is 37.0 Å². The normalized spacial score (nSPS) is 45.7. The van der Waals surface area contributed by atoms with E-state index in [1.807, 2.05) is 0 Å². The molecule has 8 aliphatic carbocycles. The third-order valence-corrected chi connectivity index (χ3v) is 11.2. The topological polar surface area (TPSA) is 71.1 Å². The Labute approximate surface area is 219 Å². The highest BCUT2D eigenvalue weighted by Gasteiger charge is 2.61. The van der Waals surface area contributed by atoms with Gasteiger partial charge in [-0.1, -0.05) is 0 Å². The van der Waals surface area contributed by atoms with Gasteiger partial charge in [-0.3, -0.25) is 0 Å². The molecular formula is C28H42F2O6Si. The Morgan fingerprint density at radius 2 is 1.46 bits per heavy atom. The Kier molecular flexibility index (Phi) is 5.90. The maximum atomic E-state index is 13.5. The van der Waals surface area contributed by atoms with Crippen LogP contribution in [0.25, 0.3) is 0 Å². The highest BCUT2D eigenvalue weighted by atomic mass is 28.4. The summed E-state index contributed by atoms with van der Waals surface area (Å²) in [6.45, 7) is 7.75. The molecule has 0 saturated heterocycles. The van der Waals surface area contributed by atoms with Gasteiger partial charge < -0.3 is 18.6 Å². The van der Waals surface area contributed by atoms with Crippen molar-refractivity contribution in [1.82, 2.24) is 0 Å². The van der Waals surface area contributed by atoms with E-state index in [4.69, 9.17) is 18.6 Å². The van der Waals surface area contributed by atoms with Crippen LogP contribution in [0.1, 0.15) is 77.6 Å². The van der Waals surface area contributed by atoms with Crippen LogP contribution in [-0.4, -0.2) is 50.3 Å². The molecule has 6 nitrogen and oxygen atoms in total. The van der Waals surface area contributed by atoms with E-state index < -0.39 is 32.0 Å². The van der Waals surface area contributed by atoms with Crippen molar-refractivity contribution in [3.05, 3.63) is 0 Å². The Morgan fingerprint density at radius 3 is 2.03 bits per heavy atom. The fraction of sp³-hybridized carbons (Fsp3) is 0.929. The van der Waals surface area contributed by atoms with Crippen LogP contribution in [0.4, 0.5) is 13.6 Å². The van der Waals surface area contributed by atoms with Crippen molar-refractivity contribution in [2.24, 2.45) is 35.0 Å². The van der Waals surface area contributed by atoms with Crippen molar-refractivity contribution in [3.63, 3.8) is 0 Å². The first-order valence-corrected chi connectivity index (χ1v) is 17.7. The lowest BCUT2D eigenvalue weighted by molar-refractivity contribution is -0.224. The molecule has 208 valence electrons. The Balaban J connectivity index is 1.08. The quantitative estimate of drug-likeness (QED) is 0.272. The van der Waals surface area contributed by atoms with E-state index >= 15 is 0 Å². The number of ether oxygens (including phenoxy) is 3. The summed E-state index contributed by atoms with van der Waals surface area (Å²) in [6, 6.07) is 0. The zero-order valence-electron chi connectivity index (χ0n) is 22.7. The molecule has 0 aromatic carbocycles. The molecule has 0 aromatic heterocycles. The van der Waals surface area contributed by atoms with Crippen LogP contribution < -0.4 is 0 Å². The van der Waals surface area contributed by atoms with Crippen LogP contribution in [0, 0.1) is 35.0 Å². The molecule has 8 fully saturated rings. The predicted molar refractivity (Wildman–Crippen MR) is 133 cm³/mol. The van der Waals surface area contributed by atoms with Gasteiger partial charge in [-0.25, -0.2) is 9.59 Å². The van der Waals surface area contributed by atoms with E-state index in [-0.39, 0.29) is 29.0 Å². The summed E-state index contributed by atoms with van der Waals surface area (Å²) >= 11 is 0. The summed E-state index contributed by atoms with van der Waals surface area (Å²) in [5, 5.41) is 0. The van der Waals surface area contributed by atoms with Crippen LogP contribution >= 0.6 is 0 Å². The van der Waals surface area contributed by atoms with Crippen LogP contribution in [0.5, 0.6) is 0 Å². The average molecular weight is 541 g/mol. The van der Waals surface area contributed by atoms with E-state index in [0.29, 0.717) is 50.5 Å². The van der Waals surface area contributed by atoms with Gasteiger partial charge in [0.05, 0.1) is 5.60 Å². The average Bonchev–Trinajstić information content (AvgIpc) is 2.71. The standard InChI is InChI=1S/C28H42F2O6Si/c1-25(29,30)23(31)35-27-10-17-6-20(13-27)22(21(7-17)14-27)34-24(32)33-16-26-8-18-5-19(9-26)12-28(11-18,15-26)36-37(2,3)4/h17-22H,5-16H2,1-4H3. The summed E-state index contributed by atoms with van der Waals surface area (Å²) in [7, 11) is -1.70. The molecule has 9 heteroatoms. The summed E-state index contributed by atoms with van der Waals surface area (Å²) < 4.78 is 51.1. The molecule has 4 unspecified atom stereocenters. The molecule has 37 heavy (non-hydrogen) atoms. The monoisotopic (exact) mass is 540 g/mol. The number of carbonyl (C=O) groups excluding carboxylic acids is 2. The molecule has 0 spiro atoms. The fourth-order valence-corrected chi connectivity index (χ4v) is 11.7. The summed E-state index contributed by atoms with van der Waals surface area (Å²) in [6.07, 6.45) is 9.14. The molecule has 8 rings (SSSR count). The molecule has 0 heterocycles. The molecular weight excluding hydrogens is 498 g/mol. The number of hydrogen-bond donors (Lipinski definition) is 0. The summed E-state index contributed by atoms with van der Waals surface area (Å²) in [4.78, 5) is 24.9. The molecule has 8 bridgehead atoms. The first-order valence-electron chi connectivity index (χ1n) is 14.3. The lowest BCUT2D eigenvalue weighted by Crippen LogP contribution is -2.61. The SMILES string of the molecule is CC(F)(F)C(=O)OC12CC3CC(C1)C(OC(=O)OCC14CC5CC(C1)CC(O[Si](C)(C)C)(C5)C4)C(C3)C2. The van der Waals surface area contributed by atoms with Gasteiger partial charge in [0, 0.05) is 24.2 Å². The zero-order valence-corrected chi connectivity index (χ0v) is 23.7.